The maximum atomic E-state index is 9.74. The van der Waals surface area contributed by atoms with E-state index in [4.69, 9.17) is 4.74 Å². The normalized spacial score (nSPS) is 21.1. The lowest BCUT2D eigenvalue weighted by atomic mass is 10.0. The van der Waals surface area contributed by atoms with Gasteiger partial charge in [-0.15, -0.1) is 0 Å². The molecule has 0 aromatic heterocycles. The fourth-order valence-electron chi connectivity index (χ4n) is 3.41. The molecule has 1 atom stereocenters. The molecule has 0 bridgehead atoms. The molecule has 1 heterocycles. The van der Waals surface area contributed by atoms with Crippen molar-refractivity contribution in [1.29, 1.82) is 0 Å². The minimum atomic E-state index is 0.0593. The fourth-order valence-corrected chi connectivity index (χ4v) is 3.41. The molecule has 2 N–H and O–H groups in total. The Kier molecular flexibility index (Phi) is 4.58. The van der Waals surface area contributed by atoms with Crippen LogP contribution >= 0.6 is 0 Å². The molecule has 3 rings (SSSR count). The molecule has 1 aromatic rings. The lowest BCUT2D eigenvalue weighted by Crippen LogP contribution is -2.34. The number of rotatable bonds is 4. The Morgan fingerprint density at radius 3 is 2.75 bits per heavy atom. The van der Waals surface area contributed by atoms with Crippen LogP contribution in [0.1, 0.15) is 55.7 Å². The minimum Gasteiger partial charge on any atom is -0.493 e. The van der Waals surface area contributed by atoms with Crippen molar-refractivity contribution in [3.8, 4) is 5.75 Å². The van der Waals surface area contributed by atoms with E-state index in [1.165, 1.54) is 49.7 Å². The van der Waals surface area contributed by atoms with Gasteiger partial charge in [-0.2, -0.15) is 0 Å². The third kappa shape index (κ3) is 3.15. The van der Waals surface area contributed by atoms with Gasteiger partial charge in [0.15, 0.2) is 0 Å². The Balaban J connectivity index is 1.69. The van der Waals surface area contributed by atoms with E-state index in [2.05, 4.69) is 23.5 Å². The summed E-state index contributed by atoms with van der Waals surface area (Å²) in [4.78, 5) is 0. The number of aliphatic hydroxyl groups is 1. The molecule has 0 amide bonds. The molecule has 1 unspecified atom stereocenters. The monoisotopic (exact) mass is 275 g/mol. The van der Waals surface area contributed by atoms with Gasteiger partial charge in [0.2, 0.25) is 0 Å². The first-order valence-electron chi connectivity index (χ1n) is 7.99. The van der Waals surface area contributed by atoms with Gasteiger partial charge >= 0.3 is 0 Å². The minimum absolute atomic E-state index is 0.0593. The third-order valence-electron chi connectivity index (χ3n) is 4.59. The van der Waals surface area contributed by atoms with E-state index in [-0.39, 0.29) is 12.6 Å². The van der Waals surface area contributed by atoms with Gasteiger partial charge in [-0.05, 0) is 30.0 Å². The molecule has 20 heavy (non-hydrogen) atoms. The van der Waals surface area contributed by atoms with Gasteiger partial charge in [0.1, 0.15) is 5.75 Å². The summed E-state index contributed by atoms with van der Waals surface area (Å²) in [5, 5.41) is 13.4. The van der Waals surface area contributed by atoms with E-state index < -0.39 is 0 Å². The van der Waals surface area contributed by atoms with E-state index >= 15 is 0 Å². The standard InChI is InChI=1S/C17H25NO2/c19-12-16(18-15-5-3-1-2-4-6-15)13-7-8-17-14(11-13)9-10-20-17/h7-8,11,15-16,18-19H,1-6,9-10,12H2. The number of nitrogens with one attached hydrogen (secondary N) is 1. The van der Waals surface area contributed by atoms with Gasteiger partial charge in [-0.3, -0.25) is 0 Å². The average molecular weight is 275 g/mol. The number of fused-ring (bicyclic) bond motifs is 1. The summed E-state index contributed by atoms with van der Waals surface area (Å²) >= 11 is 0. The summed E-state index contributed by atoms with van der Waals surface area (Å²) in [7, 11) is 0. The average Bonchev–Trinajstić information content (AvgIpc) is 2.79. The van der Waals surface area contributed by atoms with Crippen molar-refractivity contribution < 1.29 is 9.84 Å². The SMILES string of the molecule is OCC(NC1CCCCCC1)c1ccc2c(c1)CCO2. The van der Waals surface area contributed by atoms with E-state index in [0.29, 0.717) is 6.04 Å². The Morgan fingerprint density at radius 1 is 1.20 bits per heavy atom. The molecular formula is C17H25NO2. The molecular weight excluding hydrogens is 250 g/mol. The summed E-state index contributed by atoms with van der Waals surface area (Å²) in [6.07, 6.45) is 8.82. The summed E-state index contributed by atoms with van der Waals surface area (Å²) in [5.74, 6) is 1.01. The number of aliphatic hydroxyl groups excluding tert-OH is 1. The summed E-state index contributed by atoms with van der Waals surface area (Å²) in [6, 6.07) is 6.96. The number of hydrogen-bond donors (Lipinski definition) is 2. The zero-order valence-electron chi connectivity index (χ0n) is 12.1. The summed E-state index contributed by atoms with van der Waals surface area (Å²) in [5.41, 5.74) is 2.48. The van der Waals surface area contributed by atoms with E-state index in [0.717, 1.165) is 18.8 Å². The second kappa shape index (κ2) is 6.59. The van der Waals surface area contributed by atoms with Gasteiger partial charge in [0, 0.05) is 12.5 Å². The summed E-state index contributed by atoms with van der Waals surface area (Å²) in [6.45, 7) is 0.953. The topological polar surface area (TPSA) is 41.5 Å². The highest BCUT2D eigenvalue weighted by Crippen LogP contribution is 2.29. The number of benzene rings is 1. The number of ether oxygens (including phenoxy) is 1. The van der Waals surface area contributed by atoms with Crippen LogP contribution in [0.15, 0.2) is 18.2 Å². The Morgan fingerprint density at radius 2 is 2.00 bits per heavy atom. The first-order chi connectivity index (χ1) is 9.86. The highest BCUT2D eigenvalue weighted by molar-refractivity contribution is 5.40. The molecule has 0 saturated heterocycles. The van der Waals surface area contributed by atoms with Crippen LogP contribution in [0.5, 0.6) is 5.75 Å². The third-order valence-corrected chi connectivity index (χ3v) is 4.59. The Bertz CT molecular complexity index is 439. The van der Waals surface area contributed by atoms with Gasteiger partial charge in [0.05, 0.1) is 19.3 Å². The maximum absolute atomic E-state index is 9.74. The first-order valence-corrected chi connectivity index (χ1v) is 7.99. The highest BCUT2D eigenvalue weighted by Gasteiger charge is 2.20. The van der Waals surface area contributed by atoms with Gasteiger partial charge in [-0.1, -0.05) is 37.8 Å². The van der Waals surface area contributed by atoms with Crippen LogP contribution in [0.25, 0.3) is 0 Å². The highest BCUT2D eigenvalue weighted by atomic mass is 16.5. The molecule has 1 aliphatic carbocycles. The van der Waals surface area contributed by atoms with Crippen LogP contribution in [0, 0.1) is 0 Å². The van der Waals surface area contributed by atoms with Crippen molar-refractivity contribution in [2.24, 2.45) is 0 Å². The van der Waals surface area contributed by atoms with Gasteiger partial charge in [0.25, 0.3) is 0 Å². The molecule has 0 radical (unpaired) electrons. The lowest BCUT2D eigenvalue weighted by molar-refractivity contribution is 0.228. The van der Waals surface area contributed by atoms with Crippen LogP contribution in [0.3, 0.4) is 0 Å². The molecule has 1 fully saturated rings. The Labute approximate surface area is 121 Å². The van der Waals surface area contributed by atoms with Crippen LogP contribution in [0.4, 0.5) is 0 Å². The van der Waals surface area contributed by atoms with Crippen molar-refractivity contribution in [2.75, 3.05) is 13.2 Å². The predicted molar refractivity (Wildman–Crippen MR) is 80.1 cm³/mol. The quantitative estimate of drug-likeness (QED) is 0.830. The van der Waals surface area contributed by atoms with Crippen LogP contribution in [-0.2, 0) is 6.42 Å². The van der Waals surface area contributed by atoms with Gasteiger partial charge in [-0.25, -0.2) is 0 Å². The Hall–Kier alpha value is -1.06. The van der Waals surface area contributed by atoms with Crippen molar-refractivity contribution in [2.45, 2.75) is 57.0 Å². The molecule has 2 aliphatic rings. The van der Waals surface area contributed by atoms with Crippen LogP contribution in [0.2, 0.25) is 0 Å². The zero-order valence-corrected chi connectivity index (χ0v) is 12.1. The number of hydrogen-bond acceptors (Lipinski definition) is 3. The van der Waals surface area contributed by atoms with Crippen LogP contribution < -0.4 is 10.1 Å². The fraction of sp³-hybridized carbons (Fsp3) is 0.647. The molecule has 3 heteroatoms. The molecule has 0 spiro atoms. The molecule has 3 nitrogen and oxygen atoms in total. The molecule has 1 aliphatic heterocycles. The maximum Gasteiger partial charge on any atom is 0.122 e. The second-order valence-corrected chi connectivity index (χ2v) is 6.06. The van der Waals surface area contributed by atoms with Gasteiger partial charge < -0.3 is 15.2 Å². The zero-order chi connectivity index (χ0) is 13.8. The van der Waals surface area contributed by atoms with E-state index in [1.807, 2.05) is 0 Å². The smallest absolute Gasteiger partial charge is 0.122 e. The summed E-state index contributed by atoms with van der Waals surface area (Å²) < 4.78 is 5.55. The van der Waals surface area contributed by atoms with Crippen molar-refractivity contribution in [3.63, 3.8) is 0 Å². The molecule has 1 saturated carbocycles. The molecule has 110 valence electrons. The van der Waals surface area contributed by atoms with Crippen molar-refractivity contribution in [3.05, 3.63) is 29.3 Å². The second-order valence-electron chi connectivity index (χ2n) is 6.06. The molecule has 1 aromatic carbocycles. The first kappa shape index (κ1) is 13.9. The van der Waals surface area contributed by atoms with E-state index in [9.17, 15) is 5.11 Å². The van der Waals surface area contributed by atoms with Crippen LogP contribution in [-0.4, -0.2) is 24.4 Å². The largest absolute Gasteiger partial charge is 0.493 e. The van der Waals surface area contributed by atoms with E-state index in [1.54, 1.807) is 0 Å². The van der Waals surface area contributed by atoms with Crippen molar-refractivity contribution in [1.82, 2.24) is 5.32 Å². The lowest BCUT2D eigenvalue weighted by Gasteiger charge is -2.24. The predicted octanol–water partition coefficient (Wildman–Crippen LogP) is 2.97. The van der Waals surface area contributed by atoms with Crippen molar-refractivity contribution >= 4 is 0 Å².